The molecule has 0 bridgehead atoms. The van der Waals surface area contributed by atoms with Crippen LogP contribution in [0.4, 0.5) is 5.69 Å². The molecule has 7 nitrogen and oxygen atoms in total. The molecular formula is C24H26N2O5S2. The van der Waals surface area contributed by atoms with E-state index in [1.54, 1.807) is 35.7 Å². The summed E-state index contributed by atoms with van der Waals surface area (Å²) >= 11 is 1.22. The molecule has 0 radical (unpaired) electrons. The largest absolute Gasteiger partial charge is 0.490 e. The van der Waals surface area contributed by atoms with E-state index in [1.807, 2.05) is 32.0 Å². The van der Waals surface area contributed by atoms with Gasteiger partial charge >= 0.3 is 0 Å². The highest BCUT2D eigenvalue weighted by atomic mass is 32.2. The van der Waals surface area contributed by atoms with Gasteiger partial charge in [-0.2, -0.15) is 4.31 Å². The topological polar surface area (TPSA) is 84.9 Å². The van der Waals surface area contributed by atoms with Crippen molar-refractivity contribution in [3.63, 3.8) is 0 Å². The third kappa shape index (κ3) is 5.05. The van der Waals surface area contributed by atoms with Crippen molar-refractivity contribution in [3.05, 3.63) is 70.6 Å². The van der Waals surface area contributed by atoms with Gasteiger partial charge in [0.2, 0.25) is 0 Å². The maximum Gasteiger partial charge on any atom is 0.255 e. The fourth-order valence-electron chi connectivity index (χ4n) is 3.75. The molecule has 1 N–H and O–H groups in total. The highest BCUT2D eigenvalue weighted by Gasteiger charge is 2.29. The molecule has 0 unspecified atom stereocenters. The summed E-state index contributed by atoms with van der Waals surface area (Å²) < 4.78 is 38.8. The van der Waals surface area contributed by atoms with E-state index in [1.165, 1.54) is 15.6 Å². The summed E-state index contributed by atoms with van der Waals surface area (Å²) in [6, 6.07) is 14.1. The monoisotopic (exact) mass is 486 g/mol. The van der Waals surface area contributed by atoms with Gasteiger partial charge in [-0.15, -0.1) is 11.3 Å². The molecular weight excluding hydrogens is 460 g/mol. The zero-order valence-electron chi connectivity index (χ0n) is 18.5. The zero-order chi connectivity index (χ0) is 23.4. The second-order valence-corrected chi connectivity index (χ2v) is 10.6. The first-order chi connectivity index (χ1) is 15.9. The van der Waals surface area contributed by atoms with E-state index in [4.69, 9.17) is 9.47 Å². The Balaban J connectivity index is 1.52. The van der Waals surface area contributed by atoms with Crippen molar-refractivity contribution < 1.29 is 22.7 Å². The van der Waals surface area contributed by atoms with Crippen molar-refractivity contribution in [2.45, 2.75) is 31.0 Å². The fourth-order valence-corrected chi connectivity index (χ4v) is 6.31. The zero-order valence-corrected chi connectivity index (χ0v) is 20.2. The summed E-state index contributed by atoms with van der Waals surface area (Å²) in [5.74, 6) is 0.835. The molecule has 1 aliphatic rings. The molecule has 174 valence electrons. The van der Waals surface area contributed by atoms with Gasteiger partial charge in [-0.05, 0) is 73.2 Å². The van der Waals surface area contributed by atoms with Gasteiger partial charge in [0.15, 0.2) is 11.5 Å². The normalized spacial score (nSPS) is 13.9. The lowest BCUT2D eigenvalue weighted by Crippen LogP contribution is -2.35. The molecule has 1 aromatic heterocycles. The van der Waals surface area contributed by atoms with Crippen LogP contribution in [-0.2, 0) is 23.0 Å². The number of carbonyl (C=O) groups is 1. The van der Waals surface area contributed by atoms with Gasteiger partial charge in [-0.3, -0.25) is 4.79 Å². The number of fused-ring (bicyclic) bond motifs is 1. The van der Waals surface area contributed by atoms with Crippen LogP contribution in [0, 0.1) is 0 Å². The molecule has 33 heavy (non-hydrogen) atoms. The lowest BCUT2D eigenvalue weighted by Gasteiger charge is -2.28. The first-order valence-corrected chi connectivity index (χ1v) is 13.1. The third-order valence-electron chi connectivity index (χ3n) is 5.34. The second-order valence-electron chi connectivity index (χ2n) is 7.49. The van der Waals surface area contributed by atoms with Gasteiger partial charge in [0.1, 0.15) is 4.21 Å². The predicted molar refractivity (Wildman–Crippen MR) is 129 cm³/mol. The molecule has 0 spiro atoms. The van der Waals surface area contributed by atoms with Crippen LogP contribution in [0.5, 0.6) is 11.5 Å². The molecule has 1 amide bonds. The molecule has 0 saturated heterocycles. The van der Waals surface area contributed by atoms with Crippen LogP contribution in [0.25, 0.3) is 0 Å². The van der Waals surface area contributed by atoms with Gasteiger partial charge in [0.25, 0.3) is 15.9 Å². The van der Waals surface area contributed by atoms with E-state index in [9.17, 15) is 13.2 Å². The lowest BCUT2D eigenvalue weighted by atomic mass is 10.0. The minimum atomic E-state index is -3.52. The van der Waals surface area contributed by atoms with Crippen LogP contribution >= 0.6 is 11.3 Å². The van der Waals surface area contributed by atoms with Crippen LogP contribution in [0.1, 0.15) is 35.3 Å². The van der Waals surface area contributed by atoms with Crippen molar-refractivity contribution in [1.82, 2.24) is 4.31 Å². The molecule has 2 heterocycles. The number of sulfonamides is 1. The first kappa shape index (κ1) is 23.3. The van der Waals surface area contributed by atoms with Crippen LogP contribution in [0.3, 0.4) is 0 Å². The Kier molecular flexibility index (Phi) is 7.02. The number of ether oxygens (including phenoxy) is 2. The number of amides is 1. The van der Waals surface area contributed by atoms with E-state index < -0.39 is 10.0 Å². The second kappa shape index (κ2) is 9.94. The van der Waals surface area contributed by atoms with E-state index in [0.717, 1.165) is 11.1 Å². The Bertz CT molecular complexity index is 1240. The molecule has 0 saturated carbocycles. The van der Waals surface area contributed by atoms with Gasteiger partial charge in [-0.25, -0.2) is 8.42 Å². The Morgan fingerprint density at radius 3 is 2.55 bits per heavy atom. The summed E-state index contributed by atoms with van der Waals surface area (Å²) in [4.78, 5) is 12.9. The minimum absolute atomic E-state index is 0.275. The number of nitrogens with one attached hydrogen (secondary N) is 1. The molecule has 3 aromatic rings. The molecule has 0 atom stereocenters. The maximum atomic E-state index is 12.9. The van der Waals surface area contributed by atoms with E-state index in [2.05, 4.69) is 5.32 Å². The standard InChI is InChI=1S/C24H26N2O5S2/c1-3-30-21-10-8-18(15-22(21)31-4-2)24(27)25-20-9-7-17-11-12-26(16-19(17)14-20)33(28,29)23-6-5-13-32-23/h5-10,13-15H,3-4,11-12,16H2,1-2H3,(H,25,27). The van der Waals surface area contributed by atoms with Gasteiger partial charge in [0, 0.05) is 24.3 Å². The number of nitrogens with zero attached hydrogens (tertiary/aromatic N) is 1. The SMILES string of the molecule is CCOc1ccc(C(=O)Nc2ccc3c(c2)CN(S(=O)(=O)c2cccs2)CC3)cc1OCC. The molecule has 0 aliphatic carbocycles. The number of rotatable bonds is 8. The van der Waals surface area contributed by atoms with Gasteiger partial charge in [0.05, 0.1) is 13.2 Å². The lowest BCUT2D eigenvalue weighted by molar-refractivity contribution is 0.102. The number of thiophene rings is 1. The highest BCUT2D eigenvalue weighted by molar-refractivity contribution is 7.91. The third-order valence-corrected chi connectivity index (χ3v) is 8.55. The minimum Gasteiger partial charge on any atom is -0.490 e. The number of carbonyl (C=O) groups excluding carboxylic acids is 1. The Morgan fingerprint density at radius 2 is 1.82 bits per heavy atom. The summed E-state index contributed by atoms with van der Waals surface area (Å²) in [6.07, 6.45) is 0.630. The van der Waals surface area contributed by atoms with Crippen molar-refractivity contribution in [3.8, 4) is 11.5 Å². The van der Waals surface area contributed by atoms with Crippen molar-refractivity contribution in [2.75, 3.05) is 25.1 Å². The Morgan fingerprint density at radius 1 is 1.03 bits per heavy atom. The Hall–Kier alpha value is -2.88. The Labute approximate surface area is 198 Å². The summed E-state index contributed by atoms with van der Waals surface area (Å²) in [7, 11) is -3.52. The maximum absolute atomic E-state index is 12.9. The van der Waals surface area contributed by atoms with Crippen LogP contribution < -0.4 is 14.8 Å². The highest BCUT2D eigenvalue weighted by Crippen LogP contribution is 2.30. The van der Waals surface area contributed by atoms with Gasteiger partial charge < -0.3 is 14.8 Å². The fraction of sp³-hybridized carbons (Fsp3) is 0.292. The van der Waals surface area contributed by atoms with E-state index >= 15 is 0 Å². The number of benzene rings is 2. The van der Waals surface area contributed by atoms with Gasteiger partial charge in [-0.1, -0.05) is 12.1 Å². The summed E-state index contributed by atoms with van der Waals surface area (Å²) in [5, 5.41) is 4.67. The number of hydrogen-bond acceptors (Lipinski definition) is 6. The molecule has 0 fully saturated rings. The summed E-state index contributed by atoms with van der Waals surface area (Å²) in [6.45, 7) is 5.43. The molecule has 1 aliphatic heterocycles. The average Bonchev–Trinajstić information content (AvgIpc) is 3.36. The van der Waals surface area contributed by atoms with Crippen molar-refractivity contribution in [2.24, 2.45) is 0 Å². The molecule has 9 heteroatoms. The predicted octanol–water partition coefficient (Wildman–Crippen LogP) is 4.54. The van der Waals surface area contributed by atoms with Crippen LogP contribution in [0.2, 0.25) is 0 Å². The van der Waals surface area contributed by atoms with Crippen molar-refractivity contribution in [1.29, 1.82) is 0 Å². The average molecular weight is 487 g/mol. The van der Waals surface area contributed by atoms with Crippen LogP contribution in [-0.4, -0.2) is 38.4 Å². The summed E-state index contributed by atoms with van der Waals surface area (Å²) in [5.41, 5.74) is 3.04. The smallest absolute Gasteiger partial charge is 0.255 e. The van der Waals surface area contributed by atoms with Crippen LogP contribution in [0.15, 0.2) is 58.1 Å². The molecule has 2 aromatic carbocycles. The molecule has 4 rings (SSSR count). The quantitative estimate of drug-likeness (QED) is 0.505. The number of anilines is 1. The number of hydrogen-bond donors (Lipinski definition) is 1. The van der Waals surface area contributed by atoms with E-state index in [-0.39, 0.29) is 12.5 Å². The first-order valence-electron chi connectivity index (χ1n) is 10.8. The van der Waals surface area contributed by atoms with E-state index in [0.29, 0.717) is 53.1 Å². The van der Waals surface area contributed by atoms with Crippen molar-refractivity contribution >= 4 is 33.0 Å².